The van der Waals surface area contributed by atoms with Crippen molar-refractivity contribution in [2.45, 2.75) is 43.4 Å². The van der Waals surface area contributed by atoms with Crippen LogP contribution in [0.5, 0.6) is 0 Å². The van der Waals surface area contributed by atoms with Crippen molar-refractivity contribution >= 4 is 39.0 Å². The van der Waals surface area contributed by atoms with Crippen LogP contribution in [0.2, 0.25) is 0 Å². The highest BCUT2D eigenvalue weighted by molar-refractivity contribution is 7.93. The Kier molecular flexibility index (Phi) is 4.31. The lowest BCUT2D eigenvalue weighted by Crippen LogP contribution is -2.33. The molecule has 0 aliphatic heterocycles. The summed E-state index contributed by atoms with van der Waals surface area (Å²) >= 11 is 0. The molecule has 3 aromatic rings. The number of nitrogens with one attached hydrogen (secondary N) is 2. The second kappa shape index (κ2) is 6.88. The number of pyridine rings is 1. The first-order chi connectivity index (χ1) is 14.0. The average molecular weight is 410 g/mol. The van der Waals surface area contributed by atoms with Crippen LogP contribution < -0.4 is 9.62 Å². The third kappa shape index (κ3) is 3.37. The molecule has 0 atom stereocenters. The van der Waals surface area contributed by atoms with Gasteiger partial charge in [-0.1, -0.05) is 18.6 Å². The number of fused-ring (bicyclic) bond motifs is 1. The fourth-order valence-corrected chi connectivity index (χ4v) is 5.31. The van der Waals surface area contributed by atoms with E-state index >= 15 is 0 Å². The van der Waals surface area contributed by atoms with Crippen LogP contribution in [0.4, 0.5) is 11.5 Å². The SMILES string of the molecule is O=CN(c1cc(-c2ccc(NS(=O)(=O)C3CCC3)cc2)c2cc[nH]c2n1)C1CC1. The third-order valence-corrected chi connectivity index (χ3v) is 7.65. The number of nitrogens with zero attached hydrogens (tertiary/aromatic N) is 2. The minimum atomic E-state index is -3.31. The van der Waals surface area contributed by atoms with Gasteiger partial charge >= 0.3 is 0 Å². The molecule has 150 valence electrons. The average Bonchev–Trinajstić information content (AvgIpc) is 3.36. The summed E-state index contributed by atoms with van der Waals surface area (Å²) in [4.78, 5) is 21.0. The molecule has 1 aromatic carbocycles. The van der Waals surface area contributed by atoms with Crippen LogP contribution in [-0.4, -0.2) is 36.1 Å². The van der Waals surface area contributed by atoms with Crippen molar-refractivity contribution in [2.24, 2.45) is 0 Å². The first kappa shape index (κ1) is 18.2. The van der Waals surface area contributed by atoms with Crippen molar-refractivity contribution in [3.8, 4) is 11.1 Å². The van der Waals surface area contributed by atoms with Gasteiger partial charge in [-0.2, -0.15) is 0 Å². The maximum Gasteiger partial charge on any atom is 0.235 e. The monoisotopic (exact) mass is 410 g/mol. The molecule has 2 fully saturated rings. The van der Waals surface area contributed by atoms with E-state index in [0.29, 0.717) is 11.5 Å². The van der Waals surface area contributed by atoms with E-state index in [0.717, 1.165) is 60.7 Å². The molecule has 2 aromatic heterocycles. The first-order valence-electron chi connectivity index (χ1n) is 9.89. The molecular weight excluding hydrogens is 388 g/mol. The van der Waals surface area contributed by atoms with Crippen LogP contribution in [0.3, 0.4) is 0 Å². The van der Waals surface area contributed by atoms with Crippen molar-refractivity contribution in [2.75, 3.05) is 9.62 Å². The number of hydrogen-bond donors (Lipinski definition) is 2. The molecule has 2 heterocycles. The number of carbonyl (C=O) groups is 1. The Morgan fingerprint density at radius 3 is 2.48 bits per heavy atom. The summed E-state index contributed by atoms with van der Waals surface area (Å²) in [6.07, 6.45) is 7.09. The molecule has 5 rings (SSSR count). The van der Waals surface area contributed by atoms with Gasteiger partial charge in [0.05, 0.1) is 5.25 Å². The summed E-state index contributed by atoms with van der Waals surface area (Å²) in [7, 11) is -3.31. The lowest BCUT2D eigenvalue weighted by molar-refractivity contribution is -0.107. The molecule has 2 aliphatic carbocycles. The van der Waals surface area contributed by atoms with Crippen LogP contribution in [0.15, 0.2) is 42.6 Å². The van der Waals surface area contributed by atoms with Gasteiger partial charge in [0.15, 0.2) is 0 Å². The van der Waals surface area contributed by atoms with Crippen molar-refractivity contribution < 1.29 is 13.2 Å². The Morgan fingerprint density at radius 2 is 1.86 bits per heavy atom. The number of carbonyl (C=O) groups excluding carboxylic acids is 1. The molecule has 8 heteroatoms. The maximum absolute atomic E-state index is 12.3. The van der Waals surface area contributed by atoms with Crippen LogP contribution in [-0.2, 0) is 14.8 Å². The van der Waals surface area contributed by atoms with Gasteiger partial charge in [-0.3, -0.25) is 14.4 Å². The number of aromatic nitrogens is 2. The molecule has 29 heavy (non-hydrogen) atoms. The Morgan fingerprint density at radius 1 is 1.10 bits per heavy atom. The smallest absolute Gasteiger partial charge is 0.235 e. The quantitative estimate of drug-likeness (QED) is 0.581. The summed E-state index contributed by atoms with van der Waals surface area (Å²) in [5.41, 5.74) is 3.17. The fourth-order valence-electron chi connectivity index (χ4n) is 3.72. The van der Waals surface area contributed by atoms with Crippen molar-refractivity contribution in [1.29, 1.82) is 0 Å². The van der Waals surface area contributed by atoms with E-state index < -0.39 is 10.0 Å². The van der Waals surface area contributed by atoms with E-state index in [9.17, 15) is 13.2 Å². The van der Waals surface area contributed by atoms with E-state index in [4.69, 9.17) is 0 Å². The van der Waals surface area contributed by atoms with E-state index in [1.807, 2.05) is 30.5 Å². The predicted molar refractivity (Wildman–Crippen MR) is 113 cm³/mol. The number of aromatic amines is 1. The Balaban J connectivity index is 1.48. The van der Waals surface area contributed by atoms with Gasteiger partial charge in [-0.15, -0.1) is 0 Å². The lowest BCUT2D eigenvalue weighted by atomic mass is 10.0. The van der Waals surface area contributed by atoms with Gasteiger partial charge in [-0.05, 0) is 61.1 Å². The minimum Gasteiger partial charge on any atom is -0.346 e. The largest absolute Gasteiger partial charge is 0.346 e. The van der Waals surface area contributed by atoms with Gasteiger partial charge in [0, 0.05) is 23.3 Å². The van der Waals surface area contributed by atoms with Crippen molar-refractivity contribution in [3.63, 3.8) is 0 Å². The number of sulfonamides is 1. The van der Waals surface area contributed by atoms with E-state index in [1.54, 1.807) is 17.0 Å². The molecule has 2 saturated carbocycles. The summed E-state index contributed by atoms with van der Waals surface area (Å²) in [6, 6.07) is 11.5. The molecule has 1 amide bonds. The van der Waals surface area contributed by atoms with Gasteiger partial charge in [0.2, 0.25) is 16.4 Å². The van der Waals surface area contributed by atoms with Gasteiger partial charge in [-0.25, -0.2) is 13.4 Å². The number of benzene rings is 1. The van der Waals surface area contributed by atoms with Gasteiger partial charge in [0.25, 0.3) is 0 Å². The van der Waals surface area contributed by atoms with Crippen LogP contribution in [0, 0.1) is 0 Å². The molecule has 0 unspecified atom stereocenters. The molecule has 0 spiro atoms. The maximum atomic E-state index is 12.3. The Bertz CT molecular complexity index is 1160. The summed E-state index contributed by atoms with van der Waals surface area (Å²) in [5.74, 6) is 0.627. The third-order valence-electron chi connectivity index (χ3n) is 5.78. The standard InChI is InChI=1S/C21H22N4O3S/c26-13-25(16-8-9-16)20-12-19(18-10-11-22-21(18)23-20)14-4-6-15(7-5-14)24-29(27,28)17-2-1-3-17/h4-7,10-13,16-17,24H,1-3,8-9H2,(H,22,23). The number of amides is 1. The predicted octanol–water partition coefficient (Wildman–Crippen LogP) is 3.65. The van der Waals surface area contributed by atoms with Gasteiger partial charge in [0.1, 0.15) is 11.5 Å². The topological polar surface area (TPSA) is 95.2 Å². The zero-order chi connectivity index (χ0) is 20.0. The molecule has 2 N–H and O–H groups in total. The second-order valence-corrected chi connectivity index (χ2v) is 9.75. The highest BCUT2D eigenvalue weighted by Crippen LogP contribution is 2.35. The highest BCUT2D eigenvalue weighted by Gasteiger charge is 2.31. The van der Waals surface area contributed by atoms with Crippen LogP contribution in [0.25, 0.3) is 22.2 Å². The summed E-state index contributed by atoms with van der Waals surface area (Å²) < 4.78 is 27.4. The number of anilines is 2. The normalized spacial score (nSPS) is 17.1. The van der Waals surface area contributed by atoms with Gasteiger partial charge < -0.3 is 4.98 Å². The zero-order valence-electron chi connectivity index (χ0n) is 15.8. The minimum absolute atomic E-state index is 0.226. The molecular formula is C21H22N4O3S. The highest BCUT2D eigenvalue weighted by atomic mass is 32.2. The number of H-pyrrole nitrogens is 1. The van der Waals surface area contributed by atoms with E-state index in [-0.39, 0.29) is 11.3 Å². The van der Waals surface area contributed by atoms with Crippen molar-refractivity contribution in [3.05, 3.63) is 42.6 Å². The number of hydrogen-bond acceptors (Lipinski definition) is 4. The van der Waals surface area contributed by atoms with Crippen LogP contribution >= 0.6 is 0 Å². The molecule has 0 saturated heterocycles. The zero-order valence-corrected chi connectivity index (χ0v) is 16.7. The fraction of sp³-hybridized carbons (Fsp3) is 0.333. The van der Waals surface area contributed by atoms with E-state index in [1.165, 1.54) is 0 Å². The second-order valence-electron chi connectivity index (χ2n) is 7.79. The number of rotatable bonds is 7. The Labute approximate surface area is 169 Å². The Hall–Kier alpha value is -2.87. The van der Waals surface area contributed by atoms with E-state index in [2.05, 4.69) is 14.7 Å². The molecule has 0 radical (unpaired) electrons. The molecule has 0 bridgehead atoms. The molecule has 7 nitrogen and oxygen atoms in total. The lowest BCUT2D eigenvalue weighted by Gasteiger charge is -2.25. The van der Waals surface area contributed by atoms with Crippen LogP contribution in [0.1, 0.15) is 32.1 Å². The first-order valence-corrected chi connectivity index (χ1v) is 11.4. The summed E-state index contributed by atoms with van der Waals surface area (Å²) in [6.45, 7) is 0. The summed E-state index contributed by atoms with van der Waals surface area (Å²) in [5, 5.41) is 0.680. The van der Waals surface area contributed by atoms with Crippen molar-refractivity contribution in [1.82, 2.24) is 9.97 Å². The molecule has 2 aliphatic rings.